The topological polar surface area (TPSA) is 55.6 Å². The predicted octanol–water partition coefficient (Wildman–Crippen LogP) is 1.66. The summed E-state index contributed by atoms with van der Waals surface area (Å²) in [6.45, 7) is 1.29. The van der Waals surface area contributed by atoms with Gasteiger partial charge >= 0.3 is 0 Å². The molecule has 0 aliphatic carbocycles. The van der Waals surface area contributed by atoms with E-state index < -0.39 is 5.82 Å². The van der Waals surface area contributed by atoms with Gasteiger partial charge in [-0.05, 0) is 31.0 Å². The molecule has 0 saturated carbocycles. The summed E-state index contributed by atoms with van der Waals surface area (Å²) in [6, 6.07) is 4.25. The van der Waals surface area contributed by atoms with Gasteiger partial charge in [-0.15, -0.1) is 0 Å². The van der Waals surface area contributed by atoms with E-state index in [1.165, 1.54) is 18.2 Å². The highest BCUT2D eigenvalue weighted by molar-refractivity contribution is 5.94. The fourth-order valence-electron chi connectivity index (χ4n) is 2.13. The van der Waals surface area contributed by atoms with Crippen molar-refractivity contribution in [2.24, 2.45) is 0 Å². The molecule has 18 heavy (non-hydrogen) atoms. The van der Waals surface area contributed by atoms with Crippen LogP contribution < -0.4 is 5.73 Å². The SMILES string of the molecule is CN(C(=O)c1ccc(N)cc1F)C1CCOCC1. The van der Waals surface area contributed by atoms with Crippen molar-refractivity contribution in [1.29, 1.82) is 0 Å². The first-order valence-electron chi connectivity index (χ1n) is 5.99. The Morgan fingerprint density at radius 2 is 2.11 bits per heavy atom. The first-order chi connectivity index (χ1) is 8.59. The zero-order chi connectivity index (χ0) is 13.1. The fourth-order valence-corrected chi connectivity index (χ4v) is 2.13. The molecule has 2 N–H and O–H groups in total. The number of hydrogen-bond acceptors (Lipinski definition) is 3. The number of carbonyl (C=O) groups is 1. The van der Waals surface area contributed by atoms with E-state index >= 15 is 0 Å². The molecular formula is C13H17FN2O2. The van der Waals surface area contributed by atoms with Crippen LogP contribution >= 0.6 is 0 Å². The average molecular weight is 252 g/mol. The largest absolute Gasteiger partial charge is 0.399 e. The molecule has 1 saturated heterocycles. The summed E-state index contributed by atoms with van der Waals surface area (Å²) in [7, 11) is 1.70. The molecule has 1 heterocycles. The first kappa shape index (κ1) is 12.8. The standard InChI is InChI=1S/C13H17FN2O2/c1-16(10-4-6-18-7-5-10)13(17)11-3-2-9(15)8-12(11)14/h2-3,8,10H,4-7,15H2,1H3. The van der Waals surface area contributed by atoms with E-state index in [2.05, 4.69) is 0 Å². The Hall–Kier alpha value is -1.62. The quantitative estimate of drug-likeness (QED) is 0.814. The Morgan fingerprint density at radius 3 is 2.72 bits per heavy atom. The highest BCUT2D eigenvalue weighted by Gasteiger charge is 2.24. The normalized spacial score (nSPS) is 16.6. The van der Waals surface area contributed by atoms with Gasteiger partial charge in [-0.3, -0.25) is 4.79 Å². The van der Waals surface area contributed by atoms with E-state index in [1.54, 1.807) is 11.9 Å². The molecule has 1 fully saturated rings. The molecule has 0 radical (unpaired) electrons. The third-order valence-electron chi connectivity index (χ3n) is 3.28. The summed E-state index contributed by atoms with van der Waals surface area (Å²) in [5.74, 6) is -0.877. The molecule has 0 aromatic heterocycles. The number of ether oxygens (including phenoxy) is 1. The number of hydrogen-bond donors (Lipinski definition) is 1. The zero-order valence-electron chi connectivity index (χ0n) is 10.4. The highest BCUT2D eigenvalue weighted by atomic mass is 19.1. The van der Waals surface area contributed by atoms with Gasteiger partial charge in [-0.25, -0.2) is 4.39 Å². The van der Waals surface area contributed by atoms with E-state index in [4.69, 9.17) is 10.5 Å². The van der Waals surface area contributed by atoms with Crippen molar-refractivity contribution in [1.82, 2.24) is 4.90 Å². The van der Waals surface area contributed by atoms with Crippen molar-refractivity contribution < 1.29 is 13.9 Å². The van der Waals surface area contributed by atoms with E-state index in [0.29, 0.717) is 18.9 Å². The van der Waals surface area contributed by atoms with Gasteiger partial charge in [-0.1, -0.05) is 0 Å². The summed E-state index contributed by atoms with van der Waals surface area (Å²) >= 11 is 0. The van der Waals surface area contributed by atoms with E-state index in [1.807, 2.05) is 0 Å². The molecule has 2 rings (SSSR count). The lowest BCUT2D eigenvalue weighted by molar-refractivity contribution is 0.0359. The Morgan fingerprint density at radius 1 is 1.44 bits per heavy atom. The number of halogens is 1. The van der Waals surface area contributed by atoms with E-state index in [0.717, 1.165) is 12.8 Å². The van der Waals surface area contributed by atoms with Crippen LogP contribution in [0.3, 0.4) is 0 Å². The van der Waals surface area contributed by atoms with Crippen molar-refractivity contribution in [2.45, 2.75) is 18.9 Å². The van der Waals surface area contributed by atoms with Crippen molar-refractivity contribution in [3.63, 3.8) is 0 Å². The number of anilines is 1. The molecule has 4 nitrogen and oxygen atoms in total. The second kappa shape index (κ2) is 5.35. The number of nitrogens with zero attached hydrogens (tertiary/aromatic N) is 1. The molecule has 0 bridgehead atoms. The highest BCUT2D eigenvalue weighted by Crippen LogP contribution is 2.18. The third kappa shape index (κ3) is 2.61. The zero-order valence-corrected chi connectivity index (χ0v) is 10.4. The van der Waals surface area contributed by atoms with Gasteiger partial charge in [0.2, 0.25) is 0 Å². The fraction of sp³-hybridized carbons (Fsp3) is 0.462. The van der Waals surface area contributed by atoms with Crippen LogP contribution in [-0.4, -0.2) is 37.1 Å². The minimum Gasteiger partial charge on any atom is -0.399 e. The van der Waals surface area contributed by atoms with Crippen LogP contribution in [0, 0.1) is 5.82 Å². The van der Waals surface area contributed by atoms with Gasteiger partial charge in [0.15, 0.2) is 0 Å². The number of amides is 1. The van der Waals surface area contributed by atoms with Crippen LogP contribution in [0.25, 0.3) is 0 Å². The minimum atomic E-state index is -0.570. The molecular weight excluding hydrogens is 235 g/mol. The van der Waals surface area contributed by atoms with E-state index in [-0.39, 0.29) is 17.5 Å². The monoisotopic (exact) mass is 252 g/mol. The van der Waals surface area contributed by atoms with Crippen LogP contribution in [0.4, 0.5) is 10.1 Å². The Bertz CT molecular complexity index is 445. The molecule has 98 valence electrons. The average Bonchev–Trinajstić information content (AvgIpc) is 2.38. The molecule has 1 aliphatic heterocycles. The maximum Gasteiger partial charge on any atom is 0.256 e. The Labute approximate surface area is 106 Å². The molecule has 5 heteroatoms. The maximum atomic E-state index is 13.7. The van der Waals surface area contributed by atoms with Crippen molar-refractivity contribution in [2.75, 3.05) is 26.0 Å². The molecule has 0 spiro atoms. The van der Waals surface area contributed by atoms with Crippen LogP contribution in [0.2, 0.25) is 0 Å². The van der Waals surface area contributed by atoms with Gasteiger partial charge in [0.25, 0.3) is 5.91 Å². The maximum absolute atomic E-state index is 13.7. The second-order valence-electron chi connectivity index (χ2n) is 4.50. The lowest BCUT2D eigenvalue weighted by Gasteiger charge is -2.31. The molecule has 0 unspecified atom stereocenters. The summed E-state index contributed by atoms with van der Waals surface area (Å²) < 4.78 is 18.9. The number of rotatable bonds is 2. The summed E-state index contributed by atoms with van der Waals surface area (Å²) in [4.78, 5) is 13.8. The van der Waals surface area contributed by atoms with Crippen LogP contribution in [0.1, 0.15) is 23.2 Å². The molecule has 1 aromatic carbocycles. The van der Waals surface area contributed by atoms with Gasteiger partial charge in [0.05, 0.1) is 5.56 Å². The van der Waals surface area contributed by atoms with Crippen LogP contribution in [-0.2, 0) is 4.74 Å². The lowest BCUT2D eigenvalue weighted by Crippen LogP contribution is -2.40. The van der Waals surface area contributed by atoms with Crippen molar-refractivity contribution >= 4 is 11.6 Å². The first-order valence-corrected chi connectivity index (χ1v) is 5.99. The van der Waals surface area contributed by atoms with E-state index in [9.17, 15) is 9.18 Å². The summed E-state index contributed by atoms with van der Waals surface area (Å²) in [5.41, 5.74) is 5.85. The number of nitrogen functional groups attached to an aromatic ring is 1. The predicted molar refractivity (Wildman–Crippen MR) is 66.7 cm³/mol. The van der Waals surface area contributed by atoms with Crippen molar-refractivity contribution in [3.8, 4) is 0 Å². The number of nitrogens with two attached hydrogens (primary N) is 1. The summed E-state index contributed by atoms with van der Waals surface area (Å²) in [6.07, 6.45) is 1.58. The molecule has 1 aliphatic rings. The number of carbonyl (C=O) groups excluding carboxylic acids is 1. The van der Waals surface area contributed by atoms with Crippen LogP contribution in [0.5, 0.6) is 0 Å². The smallest absolute Gasteiger partial charge is 0.256 e. The molecule has 1 amide bonds. The lowest BCUT2D eigenvalue weighted by atomic mass is 10.1. The van der Waals surface area contributed by atoms with Gasteiger partial charge in [0, 0.05) is 32.0 Å². The van der Waals surface area contributed by atoms with Gasteiger partial charge in [-0.2, -0.15) is 0 Å². The number of benzene rings is 1. The Kier molecular flexibility index (Phi) is 3.81. The summed E-state index contributed by atoms with van der Waals surface area (Å²) in [5, 5.41) is 0. The molecule has 1 aromatic rings. The van der Waals surface area contributed by atoms with Crippen LogP contribution in [0.15, 0.2) is 18.2 Å². The second-order valence-corrected chi connectivity index (χ2v) is 4.50. The van der Waals surface area contributed by atoms with Gasteiger partial charge < -0.3 is 15.4 Å². The van der Waals surface area contributed by atoms with Crippen molar-refractivity contribution in [3.05, 3.63) is 29.6 Å². The third-order valence-corrected chi connectivity index (χ3v) is 3.28. The molecule has 0 atom stereocenters. The minimum absolute atomic E-state index is 0.0678. The Balaban J connectivity index is 2.14. The van der Waals surface area contributed by atoms with Gasteiger partial charge in [0.1, 0.15) is 5.82 Å².